The van der Waals surface area contributed by atoms with E-state index in [1.54, 1.807) is 0 Å². The summed E-state index contributed by atoms with van der Waals surface area (Å²) in [5, 5.41) is 3.42. The first kappa shape index (κ1) is 16.5. The molecule has 1 N–H and O–H groups in total. The number of aryl methyl sites for hydroxylation is 1. The quantitative estimate of drug-likeness (QED) is 0.868. The normalized spacial score (nSPS) is 27.5. The highest BCUT2D eigenvalue weighted by molar-refractivity contribution is 5.24. The van der Waals surface area contributed by atoms with E-state index in [1.165, 1.54) is 11.1 Å². The van der Waals surface area contributed by atoms with E-state index in [1.807, 2.05) is 0 Å². The van der Waals surface area contributed by atoms with Gasteiger partial charge >= 0.3 is 0 Å². The van der Waals surface area contributed by atoms with E-state index < -0.39 is 0 Å². The van der Waals surface area contributed by atoms with Gasteiger partial charge in [-0.3, -0.25) is 0 Å². The molecule has 3 unspecified atom stereocenters. The first-order chi connectivity index (χ1) is 10.1. The molecule has 0 bridgehead atoms. The molecule has 21 heavy (non-hydrogen) atoms. The van der Waals surface area contributed by atoms with Crippen molar-refractivity contribution in [3.8, 4) is 0 Å². The molecule has 0 aromatic heterocycles. The zero-order valence-corrected chi connectivity index (χ0v) is 13.8. The summed E-state index contributed by atoms with van der Waals surface area (Å²) in [6.07, 6.45) is 2.95. The van der Waals surface area contributed by atoms with Crippen LogP contribution in [0.25, 0.3) is 0 Å². The number of hydrogen-bond acceptors (Lipinski definition) is 3. The predicted molar refractivity (Wildman–Crippen MR) is 86.6 cm³/mol. The number of ether oxygens (including phenoxy) is 2. The van der Waals surface area contributed by atoms with E-state index in [2.05, 4.69) is 57.3 Å². The molecule has 1 aliphatic rings. The molecule has 3 nitrogen and oxygen atoms in total. The van der Waals surface area contributed by atoms with Crippen molar-refractivity contribution in [2.24, 2.45) is 0 Å². The molecule has 0 saturated carbocycles. The Bertz CT molecular complexity index is 425. The molecule has 0 radical (unpaired) electrons. The third-order valence-corrected chi connectivity index (χ3v) is 4.00. The van der Waals surface area contributed by atoms with Crippen molar-refractivity contribution in [3.05, 3.63) is 35.4 Å². The summed E-state index contributed by atoms with van der Waals surface area (Å²) >= 11 is 0. The van der Waals surface area contributed by atoms with Gasteiger partial charge in [0.2, 0.25) is 0 Å². The van der Waals surface area contributed by atoms with Crippen molar-refractivity contribution in [3.63, 3.8) is 0 Å². The fraction of sp³-hybridized carbons (Fsp3) is 0.667. The third kappa shape index (κ3) is 5.10. The molecule has 1 heterocycles. The van der Waals surface area contributed by atoms with Crippen LogP contribution in [0.4, 0.5) is 0 Å². The van der Waals surface area contributed by atoms with Crippen molar-refractivity contribution in [1.29, 1.82) is 0 Å². The fourth-order valence-electron chi connectivity index (χ4n) is 3.08. The van der Waals surface area contributed by atoms with E-state index in [4.69, 9.17) is 9.47 Å². The molecule has 1 saturated heterocycles. The Labute approximate surface area is 129 Å². The van der Waals surface area contributed by atoms with E-state index in [0.717, 1.165) is 25.9 Å². The van der Waals surface area contributed by atoms with Gasteiger partial charge in [0.15, 0.2) is 0 Å². The summed E-state index contributed by atoms with van der Waals surface area (Å²) in [5.41, 5.74) is 2.55. The Kier molecular flexibility index (Phi) is 6.22. The highest BCUT2D eigenvalue weighted by Gasteiger charge is 2.27. The van der Waals surface area contributed by atoms with Crippen molar-refractivity contribution >= 4 is 0 Å². The molecule has 2 rings (SSSR count). The smallest absolute Gasteiger partial charge is 0.0953 e. The summed E-state index contributed by atoms with van der Waals surface area (Å²) in [7, 11) is 0. The zero-order chi connectivity index (χ0) is 15.2. The van der Waals surface area contributed by atoms with Gasteiger partial charge in [-0.05, 0) is 45.7 Å². The topological polar surface area (TPSA) is 30.5 Å². The maximum atomic E-state index is 6.43. The average molecular weight is 291 g/mol. The molecule has 0 aliphatic carbocycles. The number of likely N-dealkylation sites (N-methyl/N-ethyl adjacent to an activating group) is 1. The van der Waals surface area contributed by atoms with Gasteiger partial charge in [-0.25, -0.2) is 0 Å². The zero-order valence-electron chi connectivity index (χ0n) is 13.8. The molecule has 118 valence electrons. The summed E-state index contributed by atoms with van der Waals surface area (Å²) in [6, 6.07) is 8.64. The molecule has 0 amide bonds. The van der Waals surface area contributed by atoms with Crippen LogP contribution in [0.2, 0.25) is 0 Å². The maximum Gasteiger partial charge on any atom is 0.0953 e. The SMILES string of the molecule is CCNCC(OC1CC(C)OC(C)C1)c1cccc(C)c1. The van der Waals surface area contributed by atoms with E-state index in [0.29, 0.717) is 0 Å². The monoisotopic (exact) mass is 291 g/mol. The third-order valence-electron chi connectivity index (χ3n) is 4.00. The number of nitrogens with one attached hydrogen (secondary N) is 1. The predicted octanol–water partition coefficient (Wildman–Crippen LogP) is 3.62. The van der Waals surface area contributed by atoms with Crippen LogP contribution in [0.5, 0.6) is 0 Å². The molecule has 1 aliphatic heterocycles. The lowest BCUT2D eigenvalue weighted by molar-refractivity contribution is -0.122. The standard InChI is InChI=1S/C18H29NO2/c1-5-19-12-18(16-8-6-7-13(2)9-16)21-17-10-14(3)20-15(4)11-17/h6-9,14-15,17-19H,5,10-12H2,1-4H3. The lowest BCUT2D eigenvalue weighted by Gasteiger charge is -2.34. The van der Waals surface area contributed by atoms with E-state index in [9.17, 15) is 0 Å². The minimum atomic E-state index is 0.118. The van der Waals surface area contributed by atoms with Crippen LogP contribution in [0.1, 0.15) is 50.8 Å². The van der Waals surface area contributed by atoms with Gasteiger partial charge in [-0.1, -0.05) is 36.8 Å². The van der Waals surface area contributed by atoms with Crippen molar-refractivity contribution < 1.29 is 9.47 Å². The van der Waals surface area contributed by atoms with Crippen LogP contribution in [0.3, 0.4) is 0 Å². The first-order valence-corrected chi connectivity index (χ1v) is 8.16. The Balaban J connectivity index is 2.05. The Morgan fingerprint density at radius 2 is 2.00 bits per heavy atom. The van der Waals surface area contributed by atoms with Crippen LogP contribution < -0.4 is 5.32 Å². The largest absolute Gasteiger partial charge is 0.375 e. The van der Waals surface area contributed by atoms with Crippen LogP contribution in [-0.2, 0) is 9.47 Å². The minimum absolute atomic E-state index is 0.118. The summed E-state index contributed by atoms with van der Waals surface area (Å²) < 4.78 is 12.2. The molecule has 0 spiro atoms. The Morgan fingerprint density at radius 1 is 1.29 bits per heavy atom. The highest BCUT2D eigenvalue weighted by atomic mass is 16.5. The van der Waals surface area contributed by atoms with Gasteiger partial charge in [0, 0.05) is 6.54 Å². The molecule has 1 fully saturated rings. The molecule has 1 aromatic carbocycles. The van der Waals surface area contributed by atoms with Gasteiger partial charge in [0.1, 0.15) is 0 Å². The second-order valence-electron chi connectivity index (χ2n) is 6.20. The van der Waals surface area contributed by atoms with Crippen molar-refractivity contribution in [2.45, 2.75) is 65.0 Å². The lowest BCUT2D eigenvalue weighted by Crippen LogP contribution is -2.36. The Hall–Kier alpha value is -0.900. The van der Waals surface area contributed by atoms with Gasteiger partial charge in [-0.2, -0.15) is 0 Å². The molecule has 1 aromatic rings. The van der Waals surface area contributed by atoms with E-state index in [-0.39, 0.29) is 24.4 Å². The lowest BCUT2D eigenvalue weighted by atomic mass is 10.0. The highest BCUT2D eigenvalue weighted by Crippen LogP contribution is 2.27. The molecular weight excluding hydrogens is 262 g/mol. The summed E-state index contributed by atoms with van der Waals surface area (Å²) in [4.78, 5) is 0. The second kappa shape index (κ2) is 7.92. The first-order valence-electron chi connectivity index (χ1n) is 8.16. The second-order valence-corrected chi connectivity index (χ2v) is 6.20. The molecule has 3 heteroatoms. The number of rotatable bonds is 6. The van der Waals surface area contributed by atoms with Crippen LogP contribution in [-0.4, -0.2) is 31.4 Å². The van der Waals surface area contributed by atoms with Crippen molar-refractivity contribution in [1.82, 2.24) is 5.32 Å². The van der Waals surface area contributed by atoms with E-state index >= 15 is 0 Å². The fourth-order valence-corrected chi connectivity index (χ4v) is 3.08. The maximum absolute atomic E-state index is 6.43. The van der Waals surface area contributed by atoms with Gasteiger partial charge in [-0.15, -0.1) is 0 Å². The van der Waals surface area contributed by atoms with Gasteiger partial charge < -0.3 is 14.8 Å². The van der Waals surface area contributed by atoms with Crippen molar-refractivity contribution in [2.75, 3.05) is 13.1 Å². The van der Waals surface area contributed by atoms with Gasteiger partial charge in [0.05, 0.1) is 24.4 Å². The van der Waals surface area contributed by atoms with Gasteiger partial charge in [0.25, 0.3) is 0 Å². The van der Waals surface area contributed by atoms with Crippen LogP contribution >= 0.6 is 0 Å². The molecular formula is C18H29NO2. The number of benzene rings is 1. The summed E-state index contributed by atoms with van der Waals surface area (Å²) in [6.45, 7) is 10.4. The Morgan fingerprint density at radius 3 is 2.62 bits per heavy atom. The molecule has 3 atom stereocenters. The minimum Gasteiger partial charge on any atom is -0.375 e. The van der Waals surface area contributed by atoms with Crippen LogP contribution in [0.15, 0.2) is 24.3 Å². The number of hydrogen-bond donors (Lipinski definition) is 1. The summed E-state index contributed by atoms with van der Waals surface area (Å²) in [5.74, 6) is 0. The van der Waals surface area contributed by atoms with Crippen LogP contribution in [0, 0.1) is 6.92 Å². The average Bonchev–Trinajstić information content (AvgIpc) is 2.42.